The zero-order valence-corrected chi connectivity index (χ0v) is 20.9. The average molecular weight is 661 g/mol. The first-order valence-electron chi connectivity index (χ1n) is 11.2. The van der Waals surface area contributed by atoms with Crippen molar-refractivity contribution in [1.82, 2.24) is 4.90 Å². The molecule has 1 aliphatic rings. The molecule has 1 rings (SSSR count). The number of carbonyl (C=O) groups is 2. The first-order chi connectivity index (χ1) is 18.3. The van der Waals surface area contributed by atoms with Crippen LogP contribution in [0.25, 0.3) is 0 Å². The molecular formula is C20H20F17NO4. The molecule has 1 saturated heterocycles. The number of nitrogens with zero attached hydrogens (tertiary/aromatic N) is 1. The topological polar surface area (TPSA) is 66.8 Å². The third kappa shape index (κ3) is 6.12. The summed E-state index contributed by atoms with van der Waals surface area (Å²) in [6, 6.07) is 0. The summed E-state index contributed by atoms with van der Waals surface area (Å²) >= 11 is 0. The van der Waals surface area contributed by atoms with E-state index in [-0.39, 0.29) is 25.9 Å². The third-order valence-corrected chi connectivity index (χ3v) is 6.30. The molecule has 22 heteroatoms. The van der Waals surface area contributed by atoms with Crippen LogP contribution < -0.4 is 0 Å². The number of carboxylic acid groups (broad SMARTS) is 1. The molecule has 248 valence electrons. The van der Waals surface area contributed by atoms with Gasteiger partial charge in [-0.25, -0.2) is 4.79 Å². The van der Waals surface area contributed by atoms with Crippen molar-refractivity contribution in [2.24, 2.45) is 5.92 Å². The standard InChI is InChI=1S/C20H20F17NO4/c1-12(2,42-10(39)9-3-7-38(8-4-9)11(40)41)5-6-13(21,22)14(23,24)15(25,26)16(27,28)17(29,30)18(31,32)19(33,34)20(35,36)37/h9H,3-8H2,1-2H3,(H,40,41). The minimum Gasteiger partial charge on any atom is -0.465 e. The van der Waals surface area contributed by atoms with Gasteiger partial charge in [-0.05, 0) is 33.1 Å². The first kappa shape index (κ1) is 37.6. The molecule has 5 nitrogen and oxygen atoms in total. The zero-order valence-electron chi connectivity index (χ0n) is 20.9. The monoisotopic (exact) mass is 661 g/mol. The maximum absolute atomic E-state index is 14.2. The van der Waals surface area contributed by atoms with Crippen LogP contribution in [0.1, 0.15) is 39.5 Å². The number of halogens is 17. The maximum Gasteiger partial charge on any atom is 0.460 e. The van der Waals surface area contributed by atoms with Gasteiger partial charge in [-0.2, -0.15) is 74.6 Å². The Morgan fingerprint density at radius 2 is 1.00 bits per heavy atom. The Bertz CT molecular complexity index is 1000. The summed E-state index contributed by atoms with van der Waals surface area (Å²) in [6.45, 7) is 0.988. The Morgan fingerprint density at radius 3 is 1.36 bits per heavy atom. The van der Waals surface area contributed by atoms with Crippen LogP contribution in [0.5, 0.6) is 0 Å². The molecule has 0 aromatic carbocycles. The normalized spacial score (nSPS) is 17.8. The number of piperidine rings is 1. The van der Waals surface area contributed by atoms with Gasteiger partial charge in [0.2, 0.25) is 0 Å². The minimum atomic E-state index is -8.70. The largest absolute Gasteiger partial charge is 0.465 e. The van der Waals surface area contributed by atoms with Crippen LogP contribution in [0, 0.1) is 5.92 Å². The van der Waals surface area contributed by atoms with E-state index in [4.69, 9.17) is 9.84 Å². The smallest absolute Gasteiger partial charge is 0.460 e. The van der Waals surface area contributed by atoms with Crippen molar-refractivity contribution < 1.29 is 94.1 Å². The second kappa shape index (κ2) is 10.9. The fourth-order valence-electron chi connectivity index (χ4n) is 3.52. The molecule has 1 amide bonds. The minimum absolute atomic E-state index is 0.178. The molecule has 1 heterocycles. The van der Waals surface area contributed by atoms with Gasteiger partial charge in [-0.3, -0.25) is 4.79 Å². The Kier molecular flexibility index (Phi) is 9.77. The molecule has 1 fully saturated rings. The van der Waals surface area contributed by atoms with E-state index in [1.807, 2.05) is 0 Å². The van der Waals surface area contributed by atoms with E-state index in [0.29, 0.717) is 13.8 Å². The summed E-state index contributed by atoms with van der Waals surface area (Å²) in [7, 11) is 0. The van der Waals surface area contributed by atoms with Gasteiger partial charge in [0.15, 0.2) is 0 Å². The Labute approximate surface area is 223 Å². The van der Waals surface area contributed by atoms with Crippen molar-refractivity contribution >= 4 is 12.1 Å². The summed E-state index contributed by atoms with van der Waals surface area (Å²) < 4.78 is 232. The Hall–Kier alpha value is -2.45. The molecular weight excluding hydrogens is 641 g/mol. The SMILES string of the molecule is CC(C)(CCC(F)(F)C(F)(F)C(F)(F)C(F)(F)C(F)(F)C(F)(F)C(F)(F)C(F)(F)F)OC(=O)C1CCN(C(=O)O)CC1. The lowest BCUT2D eigenvalue weighted by Crippen LogP contribution is -2.74. The highest BCUT2D eigenvalue weighted by Gasteiger charge is 2.95. The predicted octanol–water partition coefficient (Wildman–Crippen LogP) is 7.49. The van der Waals surface area contributed by atoms with Crippen LogP contribution in [-0.2, 0) is 9.53 Å². The lowest BCUT2D eigenvalue weighted by Gasteiger charge is -2.43. The second-order valence-corrected chi connectivity index (χ2v) is 9.87. The fraction of sp³-hybridized carbons (Fsp3) is 0.900. The van der Waals surface area contributed by atoms with Crippen molar-refractivity contribution in [2.75, 3.05) is 13.1 Å². The van der Waals surface area contributed by atoms with E-state index >= 15 is 0 Å². The summed E-state index contributed by atoms with van der Waals surface area (Å²) in [5.41, 5.74) is -2.33. The molecule has 1 N–H and O–H groups in total. The van der Waals surface area contributed by atoms with Crippen LogP contribution in [0.2, 0.25) is 0 Å². The van der Waals surface area contributed by atoms with E-state index in [2.05, 4.69) is 0 Å². The van der Waals surface area contributed by atoms with Crippen LogP contribution in [0.4, 0.5) is 79.4 Å². The van der Waals surface area contributed by atoms with Gasteiger partial charge in [-0.1, -0.05) is 0 Å². The highest BCUT2D eigenvalue weighted by molar-refractivity contribution is 5.73. The number of alkyl halides is 17. The number of hydrogen-bond donors (Lipinski definition) is 1. The molecule has 1 aliphatic heterocycles. The van der Waals surface area contributed by atoms with Crippen molar-refractivity contribution in [3.05, 3.63) is 0 Å². The van der Waals surface area contributed by atoms with Gasteiger partial charge in [0, 0.05) is 19.5 Å². The molecule has 0 unspecified atom stereocenters. The van der Waals surface area contributed by atoms with Gasteiger partial charge >= 0.3 is 59.7 Å². The summed E-state index contributed by atoms with van der Waals surface area (Å²) in [5, 5.41) is 8.84. The highest BCUT2D eigenvalue weighted by atomic mass is 19.4. The summed E-state index contributed by atoms with van der Waals surface area (Å²) in [5.74, 6) is -59.3. The van der Waals surface area contributed by atoms with Crippen LogP contribution in [0.15, 0.2) is 0 Å². The maximum atomic E-state index is 14.2. The number of hydrogen-bond acceptors (Lipinski definition) is 3. The van der Waals surface area contributed by atoms with E-state index in [0.717, 1.165) is 4.90 Å². The van der Waals surface area contributed by atoms with Crippen molar-refractivity contribution in [2.45, 2.75) is 92.8 Å². The van der Waals surface area contributed by atoms with Crippen LogP contribution in [-0.4, -0.2) is 88.4 Å². The predicted molar refractivity (Wildman–Crippen MR) is 102 cm³/mol. The molecule has 0 bridgehead atoms. The van der Waals surface area contributed by atoms with Gasteiger partial charge < -0.3 is 14.7 Å². The van der Waals surface area contributed by atoms with Gasteiger partial charge in [-0.15, -0.1) is 0 Å². The van der Waals surface area contributed by atoms with Gasteiger partial charge in [0.1, 0.15) is 5.60 Å². The molecule has 0 aromatic rings. The number of amides is 1. The quantitative estimate of drug-likeness (QED) is 0.184. The lowest BCUT2D eigenvalue weighted by molar-refractivity contribution is -0.462. The fourth-order valence-corrected chi connectivity index (χ4v) is 3.52. The third-order valence-electron chi connectivity index (χ3n) is 6.30. The number of likely N-dealkylation sites (tertiary alicyclic amines) is 1. The molecule has 42 heavy (non-hydrogen) atoms. The number of carbonyl (C=O) groups excluding carboxylic acids is 1. The van der Waals surface area contributed by atoms with E-state index in [1.165, 1.54) is 0 Å². The van der Waals surface area contributed by atoms with E-state index in [1.54, 1.807) is 0 Å². The average Bonchev–Trinajstić information content (AvgIpc) is 2.81. The zero-order chi connectivity index (χ0) is 33.8. The molecule has 0 radical (unpaired) electrons. The number of rotatable bonds is 11. The molecule has 0 saturated carbocycles. The Morgan fingerprint density at radius 1 is 0.643 bits per heavy atom. The lowest BCUT2D eigenvalue weighted by atomic mass is 9.87. The second-order valence-electron chi connectivity index (χ2n) is 9.87. The number of esters is 1. The summed E-state index contributed by atoms with van der Waals surface area (Å²) in [4.78, 5) is 24.0. The Balaban J connectivity index is 3.20. The molecule has 0 aliphatic carbocycles. The van der Waals surface area contributed by atoms with E-state index in [9.17, 15) is 84.2 Å². The van der Waals surface area contributed by atoms with Crippen molar-refractivity contribution in [1.29, 1.82) is 0 Å². The molecule has 0 aromatic heterocycles. The van der Waals surface area contributed by atoms with Crippen molar-refractivity contribution in [3.63, 3.8) is 0 Å². The van der Waals surface area contributed by atoms with Crippen LogP contribution in [0.3, 0.4) is 0 Å². The van der Waals surface area contributed by atoms with Crippen molar-refractivity contribution in [3.8, 4) is 0 Å². The first-order valence-corrected chi connectivity index (χ1v) is 11.2. The summed E-state index contributed by atoms with van der Waals surface area (Å²) in [6.07, 6.45) is -13.9. The van der Waals surface area contributed by atoms with Crippen LogP contribution >= 0.6 is 0 Å². The van der Waals surface area contributed by atoms with Gasteiger partial charge in [0.25, 0.3) is 0 Å². The molecule has 0 atom stereocenters. The highest BCUT2D eigenvalue weighted by Crippen LogP contribution is 2.64. The molecule has 0 spiro atoms. The van der Waals surface area contributed by atoms with Gasteiger partial charge in [0.05, 0.1) is 5.92 Å². The number of ether oxygens (including phenoxy) is 1. The van der Waals surface area contributed by atoms with E-state index < -0.39 is 84.1 Å².